The van der Waals surface area contributed by atoms with Gasteiger partial charge in [-0.3, -0.25) is 14.7 Å². The fraction of sp³-hybridized carbons (Fsp3) is 0.524. The first-order valence-corrected chi connectivity index (χ1v) is 10.1. The third kappa shape index (κ3) is 3.59. The third-order valence-corrected chi connectivity index (χ3v) is 6.09. The fourth-order valence-corrected chi connectivity index (χ4v) is 4.15. The maximum absolute atomic E-state index is 12.8. The first-order chi connectivity index (χ1) is 13.8. The summed E-state index contributed by atoms with van der Waals surface area (Å²) in [7, 11) is 0. The van der Waals surface area contributed by atoms with Gasteiger partial charge in [-0.2, -0.15) is 0 Å². The van der Waals surface area contributed by atoms with E-state index in [2.05, 4.69) is 15.2 Å². The van der Waals surface area contributed by atoms with Crippen molar-refractivity contribution >= 4 is 11.6 Å². The zero-order valence-electron chi connectivity index (χ0n) is 17.4. The molecule has 0 saturated carbocycles. The van der Waals surface area contributed by atoms with E-state index in [0.717, 1.165) is 47.8 Å². The summed E-state index contributed by atoms with van der Waals surface area (Å²) >= 11 is 0. The minimum atomic E-state index is -0.0676. The van der Waals surface area contributed by atoms with Crippen molar-refractivity contribution in [1.29, 1.82) is 0 Å². The largest absolute Gasteiger partial charge is 0.361 e. The number of hydrogen-bond donors (Lipinski definition) is 1. The highest BCUT2D eigenvalue weighted by Gasteiger charge is 2.26. The van der Waals surface area contributed by atoms with Gasteiger partial charge in [-0.1, -0.05) is 5.16 Å². The Hall–Kier alpha value is -2.90. The Kier molecular flexibility index (Phi) is 5.02. The van der Waals surface area contributed by atoms with Crippen molar-refractivity contribution in [2.45, 2.75) is 59.3 Å². The minimum absolute atomic E-state index is 0.0676. The lowest BCUT2D eigenvalue weighted by atomic mass is 9.94. The monoisotopic (exact) mass is 397 g/mol. The first-order valence-electron chi connectivity index (χ1n) is 10.1. The Labute approximate surface area is 168 Å². The average Bonchev–Trinajstić information content (AvgIpc) is 3.28. The molecule has 0 aromatic carbocycles. The number of aryl methyl sites for hydroxylation is 3. The van der Waals surface area contributed by atoms with Gasteiger partial charge >= 0.3 is 0 Å². The number of fused-ring (bicyclic) bond motifs is 1. The number of piperidine rings is 1. The predicted molar refractivity (Wildman–Crippen MR) is 108 cm³/mol. The van der Waals surface area contributed by atoms with E-state index in [4.69, 9.17) is 4.52 Å². The van der Waals surface area contributed by atoms with Crippen LogP contribution in [0.1, 0.15) is 59.1 Å². The molecule has 3 aromatic rings. The molecule has 0 unspecified atom stereocenters. The Bertz CT molecular complexity index is 1100. The number of nitrogens with one attached hydrogen (secondary N) is 1. The van der Waals surface area contributed by atoms with E-state index in [1.807, 2.05) is 31.7 Å². The zero-order valence-corrected chi connectivity index (χ0v) is 17.4. The van der Waals surface area contributed by atoms with E-state index in [-0.39, 0.29) is 17.4 Å². The normalized spacial score (nSPS) is 17.2. The number of aromatic amines is 1. The van der Waals surface area contributed by atoms with E-state index >= 15 is 0 Å². The fourth-order valence-electron chi connectivity index (χ4n) is 4.15. The zero-order chi connectivity index (χ0) is 20.7. The van der Waals surface area contributed by atoms with Crippen molar-refractivity contribution in [2.75, 3.05) is 13.1 Å². The van der Waals surface area contributed by atoms with Crippen LogP contribution < -0.4 is 5.56 Å². The quantitative estimate of drug-likeness (QED) is 0.730. The summed E-state index contributed by atoms with van der Waals surface area (Å²) in [6.07, 6.45) is 3.01. The second kappa shape index (κ2) is 7.50. The molecule has 0 radical (unpaired) electrons. The molecule has 0 spiro atoms. The van der Waals surface area contributed by atoms with E-state index in [1.165, 1.54) is 4.52 Å². The van der Waals surface area contributed by atoms with Gasteiger partial charge in [-0.05, 0) is 47.0 Å². The molecule has 8 heteroatoms. The third-order valence-electron chi connectivity index (χ3n) is 6.09. The molecule has 3 aromatic heterocycles. The van der Waals surface area contributed by atoms with Gasteiger partial charge in [0.05, 0.1) is 5.69 Å². The molecule has 1 saturated heterocycles. The molecule has 1 atom stereocenters. The lowest BCUT2D eigenvalue weighted by Gasteiger charge is -2.32. The summed E-state index contributed by atoms with van der Waals surface area (Å²) in [5.74, 6) is 1.11. The van der Waals surface area contributed by atoms with Crippen LogP contribution in [-0.4, -0.2) is 43.7 Å². The van der Waals surface area contributed by atoms with Gasteiger partial charge in [0, 0.05) is 54.0 Å². The summed E-state index contributed by atoms with van der Waals surface area (Å²) in [4.78, 5) is 31.7. The first kappa shape index (κ1) is 19.4. The Morgan fingerprint density at radius 2 is 2.07 bits per heavy atom. The number of hydrogen-bond acceptors (Lipinski definition) is 5. The van der Waals surface area contributed by atoms with Crippen molar-refractivity contribution in [1.82, 2.24) is 24.7 Å². The molecule has 1 N–H and O–H groups in total. The highest BCUT2D eigenvalue weighted by atomic mass is 16.5. The van der Waals surface area contributed by atoms with Crippen LogP contribution in [0.5, 0.6) is 0 Å². The topological polar surface area (TPSA) is 96.5 Å². The molecule has 1 amide bonds. The molecule has 0 aliphatic carbocycles. The number of H-pyrrole nitrogens is 1. The van der Waals surface area contributed by atoms with Crippen LogP contribution in [-0.2, 0) is 11.2 Å². The van der Waals surface area contributed by atoms with Crippen molar-refractivity contribution in [3.63, 3.8) is 0 Å². The Morgan fingerprint density at radius 1 is 1.28 bits per heavy atom. The summed E-state index contributed by atoms with van der Waals surface area (Å²) in [5.41, 5.74) is 4.81. The van der Waals surface area contributed by atoms with Crippen LogP contribution in [0.25, 0.3) is 5.65 Å². The van der Waals surface area contributed by atoms with Crippen LogP contribution in [0, 0.1) is 27.7 Å². The standard InChI is InChI=1S/C21H27N5O3/c1-12-13(2)22-19-10-18(23-26(19)21(12)28)16-6-5-9-25(11-16)20(27)8-7-17-14(3)24-29-15(17)4/h10,16,23H,5-9,11H2,1-4H3/t16-/m0/s1. The van der Waals surface area contributed by atoms with Crippen molar-refractivity contribution in [3.8, 4) is 0 Å². The van der Waals surface area contributed by atoms with Gasteiger partial charge in [0.15, 0.2) is 5.65 Å². The lowest BCUT2D eigenvalue weighted by molar-refractivity contribution is -0.132. The molecule has 8 nitrogen and oxygen atoms in total. The molecule has 4 rings (SSSR count). The summed E-state index contributed by atoms with van der Waals surface area (Å²) in [6.45, 7) is 8.85. The lowest BCUT2D eigenvalue weighted by Crippen LogP contribution is -2.39. The number of carbonyl (C=O) groups excluding carboxylic acids is 1. The summed E-state index contributed by atoms with van der Waals surface area (Å²) in [5, 5.41) is 7.17. The molecular formula is C21H27N5O3. The smallest absolute Gasteiger partial charge is 0.275 e. The molecule has 0 bridgehead atoms. The van der Waals surface area contributed by atoms with E-state index in [9.17, 15) is 9.59 Å². The van der Waals surface area contributed by atoms with Crippen LogP contribution in [0.15, 0.2) is 15.4 Å². The highest BCUT2D eigenvalue weighted by molar-refractivity contribution is 5.76. The van der Waals surface area contributed by atoms with E-state index in [1.54, 1.807) is 6.92 Å². The maximum Gasteiger partial charge on any atom is 0.275 e. The number of rotatable bonds is 4. The molecular weight excluding hydrogens is 370 g/mol. The highest BCUT2D eigenvalue weighted by Crippen LogP contribution is 2.27. The van der Waals surface area contributed by atoms with Gasteiger partial charge in [-0.15, -0.1) is 0 Å². The molecule has 1 aliphatic heterocycles. The SMILES string of the molecule is Cc1noc(C)c1CCC(=O)N1CCC[C@H](c2cc3nc(C)c(C)c(=O)n3[nH]2)C1. The number of nitrogens with zero attached hydrogens (tertiary/aromatic N) is 4. The van der Waals surface area contributed by atoms with E-state index < -0.39 is 0 Å². The predicted octanol–water partition coefficient (Wildman–Crippen LogP) is 2.58. The maximum atomic E-state index is 12.8. The van der Waals surface area contributed by atoms with Gasteiger partial charge < -0.3 is 9.42 Å². The number of likely N-dealkylation sites (tertiary alicyclic amines) is 1. The number of aromatic nitrogens is 4. The number of amides is 1. The molecule has 1 aliphatic rings. The average molecular weight is 397 g/mol. The molecule has 29 heavy (non-hydrogen) atoms. The molecule has 154 valence electrons. The molecule has 4 heterocycles. The van der Waals surface area contributed by atoms with Crippen LogP contribution in [0.2, 0.25) is 0 Å². The van der Waals surface area contributed by atoms with Gasteiger partial charge in [0.2, 0.25) is 5.91 Å². The van der Waals surface area contributed by atoms with Crippen LogP contribution in [0.4, 0.5) is 0 Å². The number of carbonyl (C=O) groups is 1. The Balaban J connectivity index is 1.48. The van der Waals surface area contributed by atoms with E-state index in [0.29, 0.717) is 30.6 Å². The second-order valence-corrected chi connectivity index (χ2v) is 8.01. The minimum Gasteiger partial charge on any atom is -0.361 e. The van der Waals surface area contributed by atoms with Crippen molar-refractivity contribution in [3.05, 3.63) is 50.4 Å². The van der Waals surface area contributed by atoms with Crippen LogP contribution >= 0.6 is 0 Å². The molecule has 1 fully saturated rings. The van der Waals surface area contributed by atoms with Gasteiger partial charge in [0.1, 0.15) is 5.76 Å². The Morgan fingerprint density at radius 3 is 2.79 bits per heavy atom. The summed E-state index contributed by atoms with van der Waals surface area (Å²) < 4.78 is 6.70. The van der Waals surface area contributed by atoms with Gasteiger partial charge in [0.25, 0.3) is 5.56 Å². The van der Waals surface area contributed by atoms with Crippen molar-refractivity contribution < 1.29 is 9.32 Å². The van der Waals surface area contributed by atoms with Crippen LogP contribution in [0.3, 0.4) is 0 Å². The van der Waals surface area contributed by atoms with Gasteiger partial charge in [-0.25, -0.2) is 9.50 Å². The summed E-state index contributed by atoms with van der Waals surface area (Å²) in [6, 6.07) is 1.94. The van der Waals surface area contributed by atoms with Crippen molar-refractivity contribution in [2.24, 2.45) is 0 Å². The second-order valence-electron chi connectivity index (χ2n) is 8.01.